The first-order valence-electron chi connectivity index (χ1n) is 6.40. The molecule has 3 rings (SSSR count). The number of rotatable bonds is 3. The molecule has 0 aliphatic rings. The standard InChI is InChI=1S/C16H17NO3/c1-9-7-11-10-5-6-12(18-2)16(20-4)15(10)17-14(11)13(8-9)19-3/h5-8,17H,1-4H3. The Balaban J connectivity index is 2.47. The summed E-state index contributed by atoms with van der Waals surface area (Å²) in [6.45, 7) is 2.06. The van der Waals surface area contributed by atoms with Gasteiger partial charge in [0.1, 0.15) is 5.75 Å². The maximum absolute atomic E-state index is 5.49. The molecular weight excluding hydrogens is 254 g/mol. The Kier molecular flexibility index (Phi) is 2.93. The summed E-state index contributed by atoms with van der Waals surface area (Å²) in [5.41, 5.74) is 3.05. The van der Waals surface area contributed by atoms with Gasteiger partial charge >= 0.3 is 0 Å². The van der Waals surface area contributed by atoms with E-state index >= 15 is 0 Å². The predicted octanol–water partition coefficient (Wildman–Crippen LogP) is 3.66. The van der Waals surface area contributed by atoms with Gasteiger partial charge in [-0.15, -0.1) is 0 Å². The van der Waals surface area contributed by atoms with Crippen molar-refractivity contribution in [1.29, 1.82) is 0 Å². The number of aryl methyl sites for hydroxylation is 1. The van der Waals surface area contributed by atoms with E-state index in [1.54, 1.807) is 21.3 Å². The Morgan fingerprint density at radius 1 is 0.800 bits per heavy atom. The quantitative estimate of drug-likeness (QED) is 0.790. The lowest BCUT2D eigenvalue weighted by molar-refractivity contribution is 0.358. The van der Waals surface area contributed by atoms with Crippen LogP contribution < -0.4 is 14.2 Å². The molecule has 0 saturated carbocycles. The molecule has 1 aromatic heterocycles. The van der Waals surface area contributed by atoms with Gasteiger partial charge in [-0.1, -0.05) is 0 Å². The van der Waals surface area contributed by atoms with Crippen molar-refractivity contribution < 1.29 is 14.2 Å². The van der Waals surface area contributed by atoms with Crippen molar-refractivity contribution in [2.24, 2.45) is 0 Å². The third-order valence-electron chi connectivity index (χ3n) is 3.55. The van der Waals surface area contributed by atoms with Gasteiger partial charge in [0.05, 0.1) is 32.4 Å². The summed E-state index contributed by atoms with van der Waals surface area (Å²) in [6.07, 6.45) is 0. The van der Waals surface area contributed by atoms with E-state index in [1.807, 2.05) is 18.2 Å². The van der Waals surface area contributed by atoms with E-state index in [2.05, 4.69) is 18.0 Å². The average Bonchev–Trinajstić information content (AvgIpc) is 2.83. The summed E-state index contributed by atoms with van der Waals surface area (Å²) in [7, 11) is 4.96. The van der Waals surface area contributed by atoms with Crippen LogP contribution >= 0.6 is 0 Å². The van der Waals surface area contributed by atoms with Gasteiger partial charge < -0.3 is 19.2 Å². The molecule has 0 aliphatic carbocycles. The normalized spacial score (nSPS) is 11.0. The van der Waals surface area contributed by atoms with E-state index in [9.17, 15) is 0 Å². The fraction of sp³-hybridized carbons (Fsp3) is 0.250. The van der Waals surface area contributed by atoms with E-state index in [0.29, 0.717) is 11.5 Å². The molecule has 3 aromatic rings. The third-order valence-corrected chi connectivity index (χ3v) is 3.55. The Bertz CT molecular complexity index is 789. The van der Waals surface area contributed by atoms with Crippen molar-refractivity contribution in [3.05, 3.63) is 29.8 Å². The lowest BCUT2D eigenvalue weighted by atomic mass is 10.1. The van der Waals surface area contributed by atoms with Crippen molar-refractivity contribution in [3.63, 3.8) is 0 Å². The Morgan fingerprint density at radius 3 is 2.20 bits per heavy atom. The van der Waals surface area contributed by atoms with Crippen LogP contribution in [0.5, 0.6) is 17.2 Å². The van der Waals surface area contributed by atoms with Gasteiger partial charge in [-0.05, 0) is 36.8 Å². The van der Waals surface area contributed by atoms with Crippen molar-refractivity contribution >= 4 is 21.8 Å². The molecule has 0 radical (unpaired) electrons. The molecule has 1 heterocycles. The van der Waals surface area contributed by atoms with Gasteiger partial charge in [-0.2, -0.15) is 0 Å². The molecule has 4 heteroatoms. The molecular formula is C16H17NO3. The number of aromatic nitrogens is 1. The summed E-state index contributed by atoms with van der Waals surface area (Å²) >= 11 is 0. The molecule has 1 N–H and O–H groups in total. The van der Waals surface area contributed by atoms with Crippen LogP contribution in [-0.2, 0) is 0 Å². The maximum atomic E-state index is 5.49. The minimum atomic E-state index is 0.709. The number of fused-ring (bicyclic) bond motifs is 3. The van der Waals surface area contributed by atoms with Crippen LogP contribution in [-0.4, -0.2) is 26.3 Å². The summed E-state index contributed by atoms with van der Waals surface area (Å²) in [4.78, 5) is 3.39. The van der Waals surface area contributed by atoms with Crippen LogP contribution in [0.1, 0.15) is 5.56 Å². The predicted molar refractivity (Wildman–Crippen MR) is 80.2 cm³/mol. The molecule has 20 heavy (non-hydrogen) atoms. The van der Waals surface area contributed by atoms with Crippen molar-refractivity contribution in [1.82, 2.24) is 4.98 Å². The molecule has 0 fully saturated rings. The Labute approximate surface area is 117 Å². The molecule has 0 spiro atoms. The summed E-state index contributed by atoms with van der Waals surface area (Å²) in [5.74, 6) is 2.25. The summed E-state index contributed by atoms with van der Waals surface area (Å²) in [6, 6.07) is 8.11. The maximum Gasteiger partial charge on any atom is 0.184 e. The van der Waals surface area contributed by atoms with Crippen molar-refractivity contribution in [2.75, 3.05) is 21.3 Å². The number of hydrogen-bond acceptors (Lipinski definition) is 3. The van der Waals surface area contributed by atoms with E-state index in [4.69, 9.17) is 14.2 Å². The Hall–Kier alpha value is -2.36. The first-order valence-corrected chi connectivity index (χ1v) is 6.40. The smallest absolute Gasteiger partial charge is 0.184 e. The molecule has 104 valence electrons. The first kappa shape index (κ1) is 12.7. The highest BCUT2D eigenvalue weighted by molar-refractivity contribution is 6.11. The van der Waals surface area contributed by atoms with Gasteiger partial charge in [-0.3, -0.25) is 0 Å². The lowest BCUT2D eigenvalue weighted by Crippen LogP contribution is -1.90. The van der Waals surface area contributed by atoms with Crippen LogP contribution in [0.3, 0.4) is 0 Å². The van der Waals surface area contributed by atoms with Crippen molar-refractivity contribution in [3.8, 4) is 17.2 Å². The fourth-order valence-electron chi connectivity index (χ4n) is 2.66. The zero-order valence-corrected chi connectivity index (χ0v) is 12.0. The van der Waals surface area contributed by atoms with Crippen LogP contribution in [0.4, 0.5) is 0 Å². The van der Waals surface area contributed by atoms with Crippen LogP contribution in [0.15, 0.2) is 24.3 Å². The molecule has 0 atom stereocenters. The molecule has 0 bridgehead atoms. The second-order valence-corrected chi connectivity index (χ2v) is 4.74. The van der Waals surface area contributed by atoms with Crippen molar-refractivity contribution in [2.45, 2.75) is 6.92 Å². The van der Waals surface area contributed by atoms with E-state index in [1.165, 1.54) is 0 Å². The number of nitrogens with one attached hydrogen (secondary N) is 1. The third kappa shape index (κ3) is 1.68. The zero-order chi connectivity index (χ0) is 14.3. The first-order chi connectivity index (χ1) is 9.69. The average molecular weight is 271 g/mol. The zero-order valence-electron chi connectivity index (χ0n) is 12.0. The van der Waals surface area contributed by atoms with E-state index in [0.717, 1.165) is 33.1 Å². The topological polar surface area (TPSA) is 43.5 Å². The van der Waals surface area contributed by atoms with E-state index < -0.39 is 0 Å². The monoisotopic (exact) mass is 271 g/mol. The highest BCUT2D eigenvalue weighted by Gasteiger charge is 2.15. The van der Waals surface area contributed by atoms with Gasteiger partial charge in [0.2, 0.25) is 0 Å². The second kappa shape index (κ2) is 4.63. The van der Waals surface area contributed by atoms with Gasteiger partial charge in [-0.25, -0.2) is 0 Å². The molecule has 0 unspecified atom stereocenters. The second-order valence-electron chi connectivity index (χ2n) is 4.74. The molecule has 0 amide bonds. The number of methoxy groups -OCH3 is 3. The number of H-pyrrole nitrogens is 1. The number of benzene rings is 2. The van der Waals surface area contributed by atoms with Crippen LogP contribution in [0.25, 0.3) is 21.8 Å². The minimum absolute atomic E-state index is 0.709. The molecule has 4 nitrogen and oxygen atoms in total. The number of ether oxygens (including phenoxy) is 3. The molecule has 0 saturated heterocycles. The van der Waals surface area contributed by atoms with Crippen LogP contribution in [0.2, 0.25) is 0 Å². The van der Waals surface area contributed by atoms with Gasteiger partial charge in [0.15, 0.2) is 11.5 Å². The fourth-order valence-corrected chi connectivity index (χ4v) is 2.66. The lowest BCUT2D eigenvalue weighted by Gasteiger charge is -2.07. The highest BCUT2D eigenvalue weighted by atomic mass is 16.5. The SMILES string of the molecule is COc1ccc2c([nH]c3c(OC)cc(C)cc32)c1OC. The minimum Gasteiger partial charge on any atom is -0.495 e. The summed E-state index contributed by atoms with van der Waals surface area (Å²) in [5, 5.41) is 2.22. The Morgan fingerprint density at radius 2 is 1.55 bits per heavy atom. The van der Waals surface area contributed by atoms with E-state index in [-0.39, 0.29) is 0 Å². The summed E-state index contributed by atoms with van der Waals surface area (Å²) < 4.78 is 16.3. The van der Waals surface area contributed by atoms with Gasteiger partial charge in [0, 0.05) is 10.8 Å². The number of aromatic amines is 1. The number of hydrogen-bond donors (Lipinski definition) is 1. The van der Waals surface area contributed by atoms with Gasteiger partial charge in [0.25, 0.3) is 0 Å². The van der Waals surface area contributed by atoms with Crippen LogP contribution in [0, 0.1) is 6.92 Å². The molecule has 0 aliphatic heterocycles. The largest absolute Gasteiger partial charge is 0.495 e. The molecule has 2 aromatic carbocycles. The highest BCUT2D eigenvalue weighted by Crippen LogP contribution is 2.40.